The molecule has 118 valence electrons. The van der Waals surface area contributed by atoms with Crippen LogP contribution in [0.1, 0.15) is 13.8 Å². The molecule has 1 aromatic carbocycles. The van der Waals surface area contributed by atoms with Gasteiger partial charge in [-0.3, -0.25) is 4.90 Å². The molecule has 0 amide bonds. The molecule has 1 aliphatic rings. The zero-order valence-corrected chi connectivity index (χ0v) is 13.6. The van der Waals surface area contributed by atoms with Gasteiger partial charge >= 0.3 is 0 Å². The third-order valence-electron chi connectivity index (χ3n) is 4.06. The van der Waals surface area contributed by atoms with E-state index in [0.717, 1.165) is 37.6 Å². The average Bonchev–Trinajstić information content (AvgIpc) is 2.46. The first-order valence-corrected chi connectivity index (χ1v) is 9.15. The van der Waals surface area contributed by atoms with Crippen molar-refractivity contribution in [3.63, 3.8) is 0 Å². The number of para-hydroxylation sites is 2. The van der Waals surface area contributed by atoms with E-state index >= 15 is 0 Å². The van der Waals surface area contributed by atoms with E-state index in [0.29, 0.717) is 6.54 Å². The number of benzene rings is 1. The highest BCUT2D eigenvalue weighted by molar-refractivity contribution is 7.92. The molecule has 0 aromatic heterocycles. The SMILES string of the molecule is CC(C)S(=O)(=O)CCN1CCN(c2ccccc2N)CC1. The Kier molecular flexibility index (Phi) is 5.11. The molecule has 1 fully saturated rings. The Morgan fingerprint density at radius 1 is 1.14 bits per heavy atom. The molecule has 0 radical (unpaired) electrons. The van der Waals surface area contributed by atoms with Crippen LogP contribution in [-0.2, 0) is 9.84 Å². The molecule has 21 heavy (non-hydrogen) atoms. The summed E-state index contributed by atoms with van der Waals surface area (Å²) in [7, 11) is -2.95. The minimum Gasteiger partial charge on any atom is -0.397 e. The Morgan fingerprint density at radius 2 is 1.76 bits per heavy atom. The molecular formula is C15H25N3O2S. The van der Waals surface area contributed by atoms with Gasteiger partial charge in [0.25, 0.3) is 0 Å². The molecule has 1 saturated heterocycles. The molecule has 5 nitrogen and oxygen atoms in total. The van der Waals surface area contributed by atoms with Crippen LogP contribution in [0.15, 0.2) is 24.3 Å². The predicted molar refractivity (Wildman–Crippen MR) is 88.4 cm³/mol. The molecule has 0 aliphatic carbocycles. The lowest BCUT2D eigenvalue weighted by atomic mass is 10.2. The number of anilines is 2. The lowest BCUT2D eigenvalue weighted by molar-refractivity contribution is 0.272. The summed E-state index contributed by atoms with van der Waals surface area (Å²) in [5.41, 5.74) is 7.88. The van der Waals surface area contributed by atoms with Gasteiger partial charge in [-0.25, -0.2) is 8.42 Å². The van der Waals surface area contributed by atoms with Crippen LogP contribution < -0.4 is 10.6 Å². The minimum atomic E-state index is -2.95. The first-order valence-electron chi connectivity index (χ1n) is 7.43. The second-order valence-corrected chi connectivity index (χ2v) is 8.48. The van der Waals surface area contributed by atoms with Crippen molar-refractivity contribution in [2.45, 2.75) is 19.1 Å². The summed E-state index contributed by atoms with van der Waals surface area (Å²) in [6, 6.07) is 7.88. The van der Waals surface area contributed by atoms with Crippen LogP contribution in [0.5, 0.6) is 0 Å². The van der Waals surface area contributed by atoms with Gasteiger partial charge in [-0.1, -0.05) is 12.1 Å². The zero-order chi connectivity index (χ0) is 15.5. The topological polar surface area (TPSA) is 66.6 Å². The summed E-state index contributed by atoms with van der Waals surface area (Å²) < 4.78 is 23.7. The molecule has 1 aromatic rings. The minimum absolute atomic E-state index is 0.248. The number of rotatable bonds is 5. The lowest BCUT2D eigenvalue weighted by Crippen LogP contribution is -2.48. The molecular weight excluding hydrogens is 286 g/mol. The molecule has 0 unspecified atom stereocenters. The van der Waals surface area contributed by atoms with Gasteiger partial charge in [0.15, 0.2) is 9.84 Å². The maximum Gasteiger partial charge on any atom is 0.153 e. The van der Waals surface area contributed by atoms with Gasteiger partial charge in [0.05, 0.1) is 22.4 Å². The molecule has 0 saturated carbocycles. The fourth-order valence-corrected chi connectivity index (χ4v) is 3.46. The molecule has 1 heterocycles. The molecule has 0 spiro atoms. The Hall–Kier alpha value is -1.27. The smallest absolute Gasteiger partial charge is 0.153 e. The van der Waals surface area contributed by atoms with Crippen LogP contribution in [0, 0.1) is 0 Å². The van der Waals surface area contributed by atoms with Gasteiger partial charge in [0, 0.05) is 32.7 Å². The lowest BCUT2D eigenvalue weighted by Gasteiger charge is -2.36. The van der Waals surface area contributed by atoms with Crippen LogP contribution in [0.2, 0.25) is 0 Å². The maximum absolute atomic E-state index is 11.8. The Balaban J connectivity index is 1.85. The van der Waals surface area contributed by atoms with E-state index in [-0.39, 0.29) is 11.0 Å². The largest absolute Gasteiger partial charge is 0.397 e. The molecule has 0 atom stereocenters. The van der Waals surface area contributed by atoms with E-state index in [9.17, 15) is 8.42 Å². The fourth-order valence-electron chi connectivity index (χ4n) is 2.48. The normalized spacial score (nSPS) is 17.4. The fraction of sp³-hybridized carbons (Fsp3) is 0.600. The van der Waals surface area contributed by atoms with Gasteiger partial charge in [0.1, 0.15) is 0 Å². The summed E-state index contributed by atoms with van der Waals surface area (Å²) in [5, 5.41) is -0.289. The quantitative estimate of drug-likeness (QED) is 0.828. The van der Waals surface area contributed by atoms with Crippen molar-refractivity contribution in [1.82, 2.24) is 4.90 Å². The average molecular weight is 311 g/mol. The van der Waals surface area contributed by atoms with Crippen LogP contribution in [-0.4, -0.2) is 57.0 Å². The molecule has 2 rings (SSSR count). The van der Waals surface area contributed by atoms with Crippen molar-refractivity contribution in [2.24, 2.45) is 0 Å². The van der Waals surface area contributed by atoms with Crippen LogP contribution >= 0.6 is 0 Å². The van der Waals surface area contributed by atoms with E-state index in [1.807, 2.05) is 24.3 Å². The number of sulfone groups is 1. The highest BCUT2D eigenvalue weighted by Crippen LogP contribution is 2.23. The number of nitrogen functional groups attached to an aromatic ring is 1. The van der Waals surface area contributed by atoms with Crippen molar-refractivity contribution >= 4 is 21.2 Å². The maximum atomic E-state index is 11.8. The monoisotopic (exact) mass is 311 g/mol. The first kappa shape index (κ1) is 16.1. The number of hydrogen-bond acceptors (Lipinski definition) is 5. The third kappa shape index (κ3) is 4.11. The van der Waals surface area contributed by atoms with E-state index in [2.05, 4.69) is 9.80 Å². The summed E-state index contributed by atoms with van der Waals surface area (Å²) in [6.45, 7) is 7.63. The highest BCUT2D eigenvalue weighted by Gasteiger charge is 2.21. The van der Waals surface area contributed by atoms with Gasteiger partial charge in [-0.05, 0) is 26.0 Å². The standard InChI is InChI=1S/C15H25N3O2S/c1-13(2)21(19,20)12-11-17-7-9-18(10-8-17)15-6-4-3-5-14(15)16/h3-6,13H,7-12,16H2,1-2H3. The molecule has 2 N–H and O–H groups in total. The van der Waals surface area contributed by atoms with Crippen LogP contribution in [0.4, 0.5) is 11.4 Å². The number of nitrogens with zero attached hydrogens (tertiary/aromatic N) is 2. The van der Waals surface area contributed by atoms with Gasteiger partial charge < -0.3 is 10.6 Å². The van der Waals surface area contributed by atoms with Crippen molar-refractivity contribution in [3.05, 3.63) is 24.3 Å². The predicted octanol–water partition coefficient (Wildman–Crippen LogP) is 1.21. The Morgan fingerprint density at radius 3 is 2.33 bits per heavy atom. The van der Waals surface area contributed by atoms with Gasteiger partial charge in [-0.15, -0.1) is 0 Å². The first-order chi connectivity index (χ1) is 9.90. The van der Waals surface area contributed by atoms with E-state index in [4.69, 9.17) is 5.73 Å². The van der Waals surface area contributed by atoms with E-state index in [1.54, 1.807) is 13.8 Å². The molecule has 1 aliphatic heterocycles. The van der Waals surface area contributed by atoms with Crippen molar-refractivity contribution < 1.29 is 8.42 Å². The number of piperazine rings is 1. The molecule has 0 bridgehead atoms. The second-order valence-electron chi connectivity index (χ2n) is 5.80. The second kappa shape index (κ2) is 6.66. The van der Waals surface area contributed by atoms with Crippen LogP contribution in [0.3, 0.4) is 0 Å². The summed E-state index contributed by atoms with van der Waals surface area (Å²) in [5.74, 6) is 0.248. The van der Waals surface area contributed by atoms with E-state index < -0.39 is 9.84 Å². The van der Waals surface area contributed by atoms with Crippen molar-refractivity contribution in [2.75, 3.05) is 49.1 Å². The summed E-state index contributed by atoms with van der Waals surface area (Å²) >= 11 is 0. The van der Waals surface area contributed by atoms with E-state index in [1.165, 1.54) is 0 Å². The van der Waals surface area contributed by atoms with Gasteiger partial charge in [-0.2, -0.15) is 0 Å². The Labute approximate surface area is 127 Å². The third-order valence-corrected chi connectivity index (χ3v) is 6.25. The summed E-state index contributed by atoms with van der Waals surface area (Å²) in [4.78, 5) is 4.48. The van der Waals surface area contributed by atoms with Crippen LogP contribution in [0.25, 0.3) is 0 Å². The molecule has 6 heteroatoms. The van der Waals surface area contributed by atoms with Crippen molar-refractivity contribution in [1.29, 1.82) is 0 Å². The summed E-state index contributed by atoms with van der Waals surface area (Å²) in [6.07, 6.45) is 0. The van der Waals surface area contributed by atoms with Gasteiger partial charge in [0.2, 0.25) is 0 Å². The number of hydrogen-bond donors (Lipinski definition) is 1. The Bertz CT molecular complexity index is 564. The van der Waals surface area contributed by atoms with Crippen molar-refractivity contribution in [3.8, 4) is 0 Å². The number of nitrogens with two attached hydrogens (primary N) is 1. The highest BCUT2D eigenvalue weighted by atomic mass is 32.2. The zero-order valence-electron chi connectivity index (χ0n) is 12.8.